The molecule has 0 radical (unpaired) electrons. The van der Waals surface area contributed by atoms with E-state index in [1.165, 1.54) is 29.7 Å². The van der Waals surface area contributed by atoms with Gasteiger partial charge in [-0.2, -0.15) is 0 Å². The third kappa shape index (κ3) is 4.01. The van der Waals surface area contributed by atoms with Crippen LogP contribution in [-0.4, -0.2) is 36.0 Å². The smallest absolute Gasteiger partial charge is 0.221 e. The van der Waals surface area contributed by atoms with Crippen molar-refractivity contribution in [3.05, 3.63) is 59.7 Å². The number of carbonyl (C=O) groups excluding carboxylic acids is 1. The first-order valence-corrected chi connectivity index (χ1v) is 10.1. The first-order valence-electron chi connectivity index (χ1n) is 10.1. The molecule has 1 fully saturated rings. The minimum absolute atomic E-state index is 0.0123. The number of piperidine rings is 1. The molecule has 1 atom stereocenters. The Morgan fingerprint density at radius 2 is 1.85 bits per heavy atom. The summed E-state index contributed by atoms with van der Waals surface area (Å²) in [6.45, 7) is 7.23. The Kier molecular flexibility index (Phi) is 5.17. The molecule has 1 saturated heterocycles. The molecule has 4 rings (SSSR count). The number of benzene rings is 2. The van der Waals surface area contributed by atoms with Gasteiger partial charge in [0, 0.05) is 50.0 Å². The maximum Gasteiger partial charge on any atom is 0.221 e. The SMILES string of the molecule is CC(=O)Nc1ccc2c(c1)N(C1CCN(Cc3ccccc3)CC1)C(C)C2. The molecule has 27 heavy (non-hydrogen) atoms. The first kappa shape index (κ1) is 18.1. The lowest BCUT2D eigenvalue weighted by atomic mass is 10.0. The molecule has 0 saturated carbocycles. The number of hydrogen-bond acceptors (Lipinski definition) is 3. The Hall–Kier alpha value is -2.33. The van der Waals surface area contributed by atoms with E-state index in [1.54, 1.807) is 6.92 Å². The highest BCUT2D eigenvalue weighted by Crippen LogP contribution is 2.38. The second-order valence-electron chi connectivity index (χ2n) is 7.98. The molecule has 2 aliphatic rings. The van der Waals surface area contributed by atoms with E-state index in [0.717, 1.165) is 31.7 Å². The van der Waals surface area contributed by atoms with E-state index < -0.39 is 0 Å². The Labute approximate surface area is 162 Å². The Bertz CT molecular complexity index is 797. The van der Waals surface area contributed by atoms with E-state index in [9.17, 15) is 4.79 Å². The largest absolute Gasteiger partial charge is 0.365 e. The molecule has 0 aromatic heterocycles. The van der Waals surface area contributed by atoms with Crippen molar-refractivity contribution in [3.8, 4) is 0 Å². The van der Waals surface area contributed by atoms with Crippen molar-refractivity contribution in [1.82, 2.24) is 4.90 Å². The van der Waals surface area contributed by atoms with Gasteiger partial charge in [0.1, 0.15) is 0 Å². The molecule has 2 aromatic carbocycles. The van der Waals surface area contributed by atoms with Crippen LogP contribution in [0.3, 0.4) is 0 Å². The number of likely N-dealkylation sites (tertiary alicyclic amines) is 1. The van der Waals surface area contributed by atoms with Gasteiger partial charge in [-0.1, -0.05) is 36.4 Å². The van der Waals surface area contributed by atoms with Crippen LogP contribution in [0.1, 0.15) is 37.8 Å². The fraction of sp³-hybridized carbons (Fsp3) is 0.435. The lowest BCUT2D eigenvalue weighted by molar-refractivity contribution is -0.114. The van der Waals surface area contributed by atoms with Crippen LogP contribution in [0.25, 0.3) is 0 Å². The maximum absolute atomic E-state index is 11.4. The van der Waals surface area contributed by atoms with Crippen LogP contribution >= 0.6 is 0 Å². The molecule has 4 heteroatoms. The summed E-state index contributed by atoms with van der Waals surface area (Å²) in [5.74, 6) is -0.0123. The van der Waals surface area contributed by atoms with Crippen molar-refractivity contribution in [3.63, 3.8) is 0 Å². The van der Waals surface area contributed by atoms with Gasteiger partial charge in [-0.25, -0.2) is 0 Å². The number of anilines is 2. The van der Waals surface area contributed by atoms with E-state index in [2.05, 4.69) is 64.5 Å². The van der Waals surface area contributed by atoms with Crippen molar-refractivity contribution in [2.24, 2.45) is 0 Å². The molecule has 4 nitrogen and oxygen atoms in total. The molecule has 2 aliphatic heterocycles. The van der Waals surface area contributed by atoms with Crippen molar-refractivity contribution in [2.75, 3.05) is 23.3 Å². The van der Waals surface area contributed by atoms with Gasteiger partial charge in [-0.05, 0) is 49.4 Å². The highest BCUT2D eigenvalue weighted by molar-refractivity contribution is 5.89. The van der Waals surface area contributed by atoms with Crippen LogP contribution in [0.2, 0.25) is 0 Å². The van der Waals surface area contributed by atoms with Crippen LogP contribution in [-0.2, 0) is 17.8 Å². The summed E-state index contributed by atoms with van der Waals surface area (Å²) in [6, 6.07) is 18.2. The highest BCUT2D eigenvalue weighted by atomic mass is 16.1. The quantitative estimate of drug-likeness (QED) is 0.890. The zero-order valence-corrected chi connectivity index (χ0v) is 16.3. The first-order chi connectivity index (χ1) is 13.1. The molecular weight excluding hydrogens is 334 g/mol. The highest BCUT2D eigenvalue weighted by Gasteiger charge is 2.33. The van der Waals surface area contributed by atoms with E-state index >= 15 is 0 Å². The zero-order valence-electron chi connectivity index (χ0n) is 16.3. The Morgan fingerprint density at radius 1 is 1.11 bits per heavy atom. The van der Waals surface area contributed by atoms with Crippen molar-refractivity contribution >= 4 is 17.3 Å². The Balaban J connectivity index is 1.43. The molecule has 142 valence electrons. The standard InChI is InChI=1S/C23H29N3O/c1-17-14-20-8-9-21(24-18(2)27)15-23(20)26(17)22-10-12-25(13-11-22)16-19-6-4-3-5-7-19/h3-9,15,17,22H,10-14,16H2,1-2H3,(H,24,27). The zero-order chi connectivity index (χ0) is 18.8. The van der Waals surface area contributed by atoms with Crippen LogP contribution in [0.5, 0.6) is 0 Å². The monoisotopic (exact) mass is 363 g/mol. The Morgan fingerprint density at radius 3 is 2.56 bits per heavy atom. The lowest BCUT2D eigenvalue weighted by Crippen LogP contribution is -2.47. The average Bonchev–Trinajstić information content (AvgIpc) is 2.98. The summed E-state index contributed by atoms with van der Waals surface area (Å²) in [4.78, 5) is 16.6. The summed E-state index contributed by atoms with van der Waals surface area (Å²) in [5.41, 5.74) is 5.02. The molecule has 2 heterocycles. The van der Waals surface area contributed by atoms with Crippen LogP contribution in [0.15, 0.2) is 48.5 Å². The number of rotatable bonds is 4. The third-order valence-corrected chi connectivity index (χ3v) is 5.87. The van der Waals surface area contributed by atoms with Gasteiger partial charge in [-0.3, -0.25) is 9.69 Å². The van der Waals surface area contributed by atoms with E-state index in [0.29, 0.717) is 12.1 Å². The van der Waals surface area contributed by atoms with Crippen molar-refractivity contribution in [1.29, 1.82) is 0 Å². The molecule has 0 aliphatic carbocycles. The van der Waals surface area contributed by atoms with Gasteiger partial charge in [0.05, 0.1) is 0 Å². The van der Waals surface area contributed by atoms with E-state index in [4.69, 9.17) is 0 Å². The number of amides is 1. The molecule has 1 unspecified atom stereocenters. The predicted octanol–water partition coefficient (Wildman–Crippen LogP) is 4.06. The second kappa shape index (κ2) is 7.73. The van der Waals surface area contributed by atoms with Gasteiger partial charge >= 0.3 is 0 Å². The maximum atomic E-state index is 11.4. The molecule has 0 bridgehead atoms. The molecular formula is C23H29N3O. The summed E-state index contributed by atoms with van der Waals surface area (Å²) < 4.78 is 0. The van der Waals surface area contributed by atoms with Crippen LogP contribution in [0, 0.1) is 0 Å². The normalized spacial score (nSPS) is 20.5. The van der Waals surface area contributed by atoms with Gasteiger partial charge < -0.3 is 10.2 Å². The molecule has 1 N–H and O–H groups in total. The van der Waals surface area contributed by atoms with E-state index in [1.807, 2.05) is 6.07 Å². The summed E-state index contributed by atoms with van der Waals surface area (Å²) in [7, 11) is 0. The third-order valence-electron chi connectivity index (χ3n) is 5.87. The number of hydrogen-bond donors (Lipinski definition) is 1. The molecule has 2 aromatic rings. The number of nitrogens with one attached hydrogen (secondary N) is 1. The van der Waals surface area contributed by atoms with Crippen LogP contribution < -0.4 is 10.2 Å². The molecule has 1 amide bonds. The molecule has 0 spiro atoms. The lowest BCUT2D eigenvalue weighted by Gasteiger charge is -2.40. The number of fused-ring (bicyclic) bond motifs is 1. The number of carbonyl (C=O) groups is 1. The summed E-state index contributed by atoms with van der Waals surface area (Å²) >= 11 is 0. The van der Waals surface area contributed by atoms with Gasteiger partial charge in [0.15, 0.2) is 0 Å². The van der Waals surface area contributed by atoms with Gasteiger partial charge in [0.25, 0.3) is 0 Å². The number of nitrogens with zero attached hydrogens (tertiary/aromatic N) is 2. The van der Waals surface area contributed by atoms with Gasteiger partial charge in [0.2, 0.25) is 5.91 Å². The van der Waals surface area contributed by atoms with E-state index in [-0.39, 0.29) is 5.91 Å². The second-order valence-corrected chi connectivity index (χ2v) is 7.98. The minimum atomic E-state index is -0.0123. The fourth-order valence-corrected chi connectivity index (χ4v) is 4.67. The minimum Gasteiger partial charge on any atom is -0.365 e. The summed E-state index contributed by atoms with van der Waals surface area (Å²) in [5, 5.41) is 2.93. The fourth-order valence-electron chi connectivity index (χ4n) is 4.67. The van der Waals surface area contributed by atoms with Gasteiger partial charge in [-0.15, -0.1) is 0 Å². The predicted molar refractivity (Wildman–Crippen MR) is 111 cm³/mol. The topological polar surface area (TPSA) is 35.6 Å². The summed E-state index contributed by atoms with van der Waals surface area (Å²) in [6.07, 6.45) is 3.49. The average molecular weight is 364 g/mol. The van der Waals surface area contributed by atoms with Crippen molar-refractivity contribution in [2.45, 2.75) is 51.7 Å². The van der Waals surface area contributed by atoms with Crippen molar-refractivity contribution < 1.29 is 4.79 Å². The van der Waals surface area contributed by atoms with Crippen LogP contribution in [0.4, 0.5) is 11.4 Å².